The summed E-state index contributed by atoms with van der Waals surface area (Å²) in [7, 11) is 1.61. The maximum Gasteiger partial charge on any atom is 0.244 e. The number of rotatable bonds is 7. The van der Waals surface area contributed by atoms with Crippen molar-refractivity contribution in [3.8, 4) is 5.75 Å². The van der Waals surface area contributed by atoms with E-state index in [0.717, 1.165) is 24.4 Å². The molecule has 2 aromatic rings. The molecule has 1 N–H and O–H groups in total. The monoisotopic (exact) mass is 393 g/mol. The summed E-state index contributed by atoms with van der Waals surface area (Å²) in [4.78, 5) is 28.5. The second-order valence-electron chi connectivity index (χ2n) is 6.85. The van der Waals surface area contributed by atoms with E-state index in [9.17, 15) is 9.59 Å². The van der Waals surface area contributed by atoms with E-state index in [0.29, 0.717) is 26.1 Å². The fourth-order valence-corrected chi connectivity index (χ4v) is 3.25. The van der Waals surface area contributed by atoms with Gasteiger partial charge in [-0.3, -0.25) is 9.59 Å². The number of ether oxygens (including phenoxy) is 1. The molecule has 1 aliphatic rings. The first kappa shape index (κ1) is 20.5. The number of amides is 2. The normalized spacial score (nSPS) is 14.1. The van der Waals surface area contributed by atoms with Crippen LogP contribution in [-0.2, 0) is 9.59 Å². The number of hydrogen-bond acceptors (Lipinski definition) is 4. The first-order chi connectivity index (χ1) is 14.2. The van der Waals surface area contributed by atoms with Crippen molar-refractivity contribution in [2.45, 2.75) is 6.42 Å². The Kier molecular flexibility index (Phi) is 7.28. The molecule has 3 rings (SSSR count). The van der Waals surface area contributed by atoms with Crippen LogP contribution in [-0.4, -0.2) is 56.5 Å². The highest BCUT2D eigenvalue weighted by molar-refractivity contribution is 5.92. The van der Waals surface area contributed by atoms with Crippen molar-refractivity contribution in [3.05, 3.63) is 66.2 Å². The van der Waals surface area contributed by atoms with Crippen LogP contribution in [0, 0.1) is 0 Å². The smallest absolute Gasteiger partial charge is 0.244 e. The third kappa shape index (κ3) is 6.10. The lowest BCUT2D eigenvalue weighted by molar-refractivity contribution is -0.131. The molecule has 0 unspecified atom stereocenters. The van der Waals surface area contributed by atoms with Gasteiger partial charge in [0.25, 0.3) is 0 Å². The highest BCUT2D eigenvalue weighted by Gasteiger charge is 2.20. The number of nitrogens with zero attached hydrogens (tertiary/aromatic N) is 2. The Morgan fingerprint density at radius 2 is 1.69 bits per heavy atom. The van der Waals surface area contributed by atoms with Crippen LogP contribution in [0.5, 0.6) is 5.75 Å². The van der Waals surface area contributed by atoms with Gasteiger partial charge in [0.1, 0.15) is 5.75 Å². The zero-order chi connectivity index (χ0) is 20.5. The minimum absolute atomic E-state index is 0.0807. The lowest BCUT2D eigenvalue weighted by atomic mass is 10.2. The van der Waals surface area contributed by atoms with Crippen LogP contribution in [0.4, 0.5) is 5.69 Å². The summed E-state index contributed by atoms with van der Waals surface area (Å²) in [6.45, 7) is 3.40. The molecule has 0 aromatic heterocycles. The largest absolute Gasteiger partial charge is 0.497 e. The van der Waals surface area contributed by atoms with E-state index >= 15 is 0 Å². The van der Waals surface area contributed by atoms with Gasteiger partial charge in [-0.05, 0) is 35.9 Å². The summed E-state index contributed by atoms with van der Waals surface area (Å²) in [5, 5.41) is 2.77. The molecule has 0 saturated carbocycles. The van der Waals surface area contributed by atoms with E-state index in [1.807, 2.05) is 47.4 Å². The molecule has 1 aliphatic heterocycles. The minimum atomic E-state index is -0.206. The van der Waals surface area contributed by atoms with Crippen LogP contribution in [0.2, 0.25) is 0 Å². The minimum Gasteiger partial charge on any atom is -0.497 e. The van der Waals surface area contributed by atoms with Crippen molar-refractivity contribution in [2.24, 2.45) is 0 Å². The molecular weight excluding hydrogens is 366 g/mol. The van der Waals surface area contributed by atoms with Crippen molar-refractivity contribution in [2.75, 3.05) is 44.7 Å². The van der Waals surface area contributed by atoms with E-state index in [1.165, 1.54) is 11.8 Å². The number of piperazine rings is 1. The Morgan fingerprint density at radius 3 is 2.34 bits per heavy atom. The average Bonchev–Trinajstić information content (AvgIpc) is 2.78. The predicted molar refractivity (Wildman–Crippen MR) is 115 cm³/mol. The number of hydrogen-bond donors (Lipinski definition) is 1. The van der Waals surface area contributed by atoms with E-state index in [4.69, 9.17) is 4.74 Å². The topological polar surface area (TPSA) is 61.9 Å². The summed E-state index contributed by atoms with van der Waals surface area (Å²) in [6.07, 6.45) is 3.53. The van der Waals surface area contributed by atoms with Gasteiger partial charge in [-0.2, -0.15) is 0 Å². The van der Waals surface area contributed by atoms with Crippen molar-refractivity contribution in [3.63, 3.8) is 0 Å². The first-order valence-corrected chi connectivity index (χ1v) is 9.83. The van der Waals surface area contributed by atoms with Crippen molar-refractivity contribution >= 4 is 23.6 Å². The Hall–Kier alpha value is -3.28. The molecule has 29 heavy (non-hydrogen) atoms. The molecule has 0 aliphatic carbocycles. The van der Waals surface area contributed by atoms with Crippen LogP contribution in [0.1, 0.15) is 12.0 Å². The second kappa shape index (κ2) is 10.3. The van der Waals surface area contributed by atoms with Crippen LogP contribution in [0.15, 0.2) is 60.7 Å². The zero-order valence-electron chi connectivity index (χ0n) is 16.7. The number of carbonyl (C=O) groups excluding carboxylic acids is 2. The maximum absolute atomic E-state index is 12.4. The third-order valence-corrected chi connectivity index (χ3v) is 4.93. The molecule has 6 nitrogen and oxygen atoms in total. The number of nitrogens with one attached hydrogen (secondary N) is 1. The van der Waals surface area contributed by atoms with Crippen LogP contribution in [0.3, 0.4) is 0 Å². The molecule has 2 aromatic carbocycles. The lowest BCUT2D eigenvalue weighted by Gasteiger charge is -2.36. The van der Waals surface area contributed by atoms with Gasteiger partial charge >= 0.3 is 0 Å². The maximum atomic E-state index is 12.4. The number of benzene rings is 2. The number of anilines is 1. The van der Waals surface area contributed by atoms with E-state index in [2.05, 4.69) is 22.3 Å². The molecule has 2 amide bonds. The fourth-order valence-electron chi connectivity index (χ4n) is 3.25. The van der Waals surface area contributed by atoms with Crippen molar-refractivity contribution < 1.29 is 14.3 Å². The molecule has 6 heteroatoms. The Labute approximate surface area is 171 Å². The highest BCUT2D eigenvalue weighted by Crippen LogP contribution is 2.16. The van der Waals surface area contributed by atoms with E-state index in [1.54, 1.807) is 13.2 Å². The number of carbonyl (C=O) groups is 2. The summed E-state index contributed by atoms with van der Waals surface area (Å²) in [5.41, 5.74) is 2.10. The molecular formula is C23H27N3O3. The summed E-state index contributed by atoms with van der Waals surface area (Å²) < 4.78 is 5.11. The summed E-state index contributed by atoms with van der Waals surface area (Å²) in [6, 6.07) is 17.7. The van der Waals surface area contributed by atoms with E-state index < -0.39 is 0 Å². The molecule has 1 heterocycles. The van der Waals surface area contributed by atoms with Gasteiger partial charge in [0.2, 0.25) is 11.8 Å². The molecule has 152 valence electrons. The average molecular weight is 393 g/mol. The van der Waals surface area contributed by atoms with Gasteiger partial charge in [-0.25, -0.2) is 0 Å². The zero-order valence-corrected chi connectivity index (χ0v) is 16.7. The predicted octanol–water partition coefficient (Wildman–Crippen LogP) is 2.56. The molecule has 1 saturated heterocycles. The second-order valence-corrected chi connectivity index (χ2v) is 6.85. The first-order valence-electron chi connectivity index (χ1n) is 9.83. The molecule has 0 bridgehead atoms. The van der Waals surface area contributed by atoms with Gasteiger partial charge in [0.05, 0.1) is 7.11 Å². The Balaban J connectivity index is 1.36. The van der Waals surface area contributed by atoms with Crippen molar-refractivity contribution in [1.82, 2.24) is 10.2 Å². The van der Waals surface area contributed by atoms with Gasteiger partial charge in [0.15, 0.2) is 0 Å². The molecule has 0 spiro atoms. The lowest BCUT2D eigenvalue weighted by Crippen LogP contribution is -2.49. The Morgan fingerprint density at radius 1 is 1.00 bits per heavy atom. The van der Waals surface area contributed by atoms with Gasteiger partial charge in [-0.1, -0.05) is 30.3 Å². The third-order valence-electron chi connectivity index (χ3n) is 4.93. The van der Waals surface area contributed by atoms with Crippen molar-refractivity contribution in [1.29, 1.82) is 0 Å². The summed E-state index contributed by atoms with van der Waals surface area (Å²) in [5.74, 6) is 0.648. The quantitative estimate of drug-likeness (QED) is 0.735. The standard InChI is InChI=1S/C23H27N3O3/c1-29-21-10-7-19(8-11-21)9-12-22(27)24-14-13-23(28)26-17-15-25(16-18-26)20-5-3-2-4-6-20/h2-12H,13-18H2,1H3,(H,24,27)/b12-9+. The van der Waals surface area contributed by atoms with Gasteiger partial charge in [0, 0.05) is 50.9 Å². The Bertz CT molecular complexity index is 826. The summed E-state index contributed by atoms with van der Waals surface area (Å²) >= 11 is 0. The van der Waals surface area contributed by atoms with Crippen LogP contribution >= 0.6 is 0 Å². The van der Waals surface area contributed by atoms with Gasteiger partial charge in [-0.15, -0.1) is 0 Å². The molecule has 1 fully saturated rings. The number of methoxy groups -OCH3 is 1. The molecule has 0 atom stereocenters. The number of para-hydroxylation sites is 1. The fraction of sp³-hybridized carbons (Fsp3) is 0.304. The van der Waals surface area contributed by atoms with E-state index in [-0.39, 0.29) is 11.8 Å². The van der Waals surface area contributed by atoms with Crippen LogP contribution < -0.4 is 15.0 Å². The highest BCUT2D eigenvalue weighted by atomic mass is 16.5. The van der Waals surface area contributed by atoms with Gasteiger partial charge < -0.3 is 19.9 Å². The van der Waals surface area contributed by atoms with Crippen LogP contribution in [0.25, 0.3) is 6.08 Å². The molecule has 0 radical (unpaired) electrons. The SMILES string of the molecule is COc1ccc(/C=C/C(=O)NCCC(=O)N2CCN(c3ccccc3)CC2)cc1.